The molecule has 0 aliphatic carbocycles. The Morgan fingerprint density at radius 1 is 1.55 bits per heavy atom. The van der Waals surface area contributed by atoms with Gasteiger partial charge in [0.25, 0.3) is 0 Å². The molecule has 2 aliphatic heterocycles. The van der Waals surface area contributed by atoms with Crippen LogP contribution in [-0.4, -0.2) is 12.1 Å². The summed E-state index contributed by atoms with van der Waals surface area (Å²) in [7, 11) is 0. The monoisotopic (exact) mass is 147 g/mol. The molecule has 2 aliphatic rings. The molecule has 11 heavy (non-hydrogen) atoms. The van der Waals surface area contributed by atoms with Gasteiger partial charge in [-0.25, -0.2) is 9.98 Å². The molecule has 0 saturated heterocycles. The van der Waals surface area contributed by atoms with Gasteiger partial charge < -0.3 is 5.73 Å². The van der Waals surface area contributed by atoms with E-state index < -0.39 is 0 Å². The lowest BCUT2D eigenvalue weighted by molar-refractivity contribution is 0.840. The van der Waals surface area contributed by atoms with Crippen LogP contribution in [0.15, 0.2) is 34.0 Å². The smallest absolute Gasteiger partial charge is 0.135 e. The van der Waals surface area contributed by atoms with Crippen molar-refractivity contribution < 1.29 is 0 Å². The van der Waals surface area contributed by atoms with Gasteiger partial charge in [0, 0.05) is 17.8 Å². The van der Waals surface area contributed by atoms with Crippen molar-refractivity contribution in [2.24, 2.45) is 21.6 Å². The van der Waals surface area contributed by atoms with Gasteiger partial charge in [-0.1, -0.05) is 6.08 Å². The summed E-state index contributed by atoms with van der Waals surface area (Å²) in [6.07, 6.45) is 8.43. The van der Waals surface area contributed by atoms with Crippen LogP contribution in [0.2, 0.25) is 0 Å². The number of nitrogens with zero attached hydrogens (tertiary/aromatic N) is 2. The molecule has 0 aromatic carbocycles. The van der Waals surface area contributed by atoms with Crippen molar-refractivity contribution in [3.63, 3.8) is 0 Å². The normalized spacial score (nSPS) is 27.5. The van der Waals surface area contributed by atoms with Crippen molar-refractivity contribution in [2.45, 2.75) is 6.42 Å². The maximum atomic E-state index is 5.57. The van der Waals surface area contributed by atoms with Crippen molar-refractivity contribution in [2.75, 3.05) is 0 Å². The van der Waals surface area contributed by atoms with E-state index in [-0.39, 0.29) is 0 Å². The number of hydrogen-bond donors (Lipinski definition) is 1. The zero-order chi connectivity index (χ0) is 7.68. The fraction of sp³-hybridized carbons (Fsp3) is 0.250. The molecule has 1 unspecified atom stereocenters. The lowest BCUT2D eigenvalue weighted by Crippen LogP contribution is -2.19. The first-order valence-electron chi connectivity index (χ1n) is 3.60. The lowest BCUT2D eigenvalue weighted by atomic mass is 9.99. The van der Waals surface area contributed by atoms with Crippen LogP contribution < -0.4 is 5.73 Å². The minimum absolute atomic E-state index is 0.310. The lowest BCUT2D eigenvalue weighted by Gasteiger charge is -2.16. The third-order valence-corrected chi connectivity index (χ3v) is 1.77. The number of amidine groups is 1. The summed E-state index contributed by atoms with van der Waals surface area (Å²) in [6, 6.07) is 0. The molecule has 2 heterocycles. The first-order chi connectivity index (χ1) is 5.36. The van der Waals surface area contributed by atoms with Gasteiger partial charge in [0.15, 0.2) is 0 Å². The fourth-order valence-corrected chi connectivity index (χ4v) is 1.23. The van der Waals surface area contributed by atoms with Crippen LogP contribution in [0.4, 0.5) is 0 Å². The summed E-state index contributed by atoms with van der Waals surface area (Å²) in [5.41, 5.74) is 6.31. The third kappa shape index (κ3) is 1.09. The topological polar surface area (TPSA) is 50.7 Å². The Hall–Kier alpha value is -1.38. The highest BCUT2D eigenvalue weighted by Crippen LogP contribution is 2.17. The number of nitrogens with two attached hydrogens (primary N) is 1. The van der Waals surface area contributed by atoms with Crippen molar-refractivity contribution in [1.82, 2.24) is 0 Å². The standard InChI is InChI=1S/C8H9N3/c9-7-4-6-2-1-3-10-8(6)11-5-7/h1,3-6H,2,9H2. The average molecular weight is 147 g/mol. The molecular weight excluding hydrogens is 138 g/mol. The number of dihydropyridines is 1. The van der Waals surface area contributed by atoms with Gasteiger partial charge in [0.05, 0.1) is 6.21 Å². The Morgan fingerprint density at radius 3 is 3.36 bits per heavy atom. The van der Waals surface area contributed by atoms with E-state index in [0.717, 1.165) is 18.0 Å². The second-order valence-corrected chi connectivity index (χ2v) is 2.64. The van der Waals surface area contributed by atoms with E-state index in [9.17, 15) is 0 Å². The molecule has 0 aromatic heterocycles. The average Bonchev–Trinajstić information content (AvgIpc) is 2.04. The van der Waals surface area contributed by atoms with Crippen LogP contribution in [0, 0.1) is 5.92 Å². The van der Waals surface area contributed by atoms with Crippen LogP contribution >= 0.6 is 0 Å². The Kier molecular flexibility index (Phi) is 1.35. The van der Waals surface area contributed by atoms with Crippen molar-refractivity contribution in [3.05, 3.63) is 24.0 Å². The summed E-state index contributed by atoms with van der Waals surface area (Å²) < 4.78 is 0. The van der Waals surface area contributed by atoms with Crippen LogP contribution in [-0.2, 0) is 0 Å². The summed E-state index contributed by atoms with van der Waals surface area (Å²) >= 11 is 0. The maximum absolute atomic E-state index is 5.57. The van der Waals surface area contributed by atoms with Crippen LogP contribution in [0.1, 0.15) is 6.42 Å². The Morgan fingerprint density at radius 2 is 2.45 bits per heavy atom. The molecule has 0 saturated carbocycles. The van der Waals surface area contributed by atoms with Crippen LogP contribution in [0.25, 0.3) is 0 Å². The van der Waals surface area contributed by atoms with E-state index in [2.05, 4.69) is 9.98 Å². The summed E-state index contributed by atoms with van der Waals surface area (Å²) in [5.74, 6) is 1.19. The molecule has 0 radical (unpaired) electrons. The van der Waals surface area contributed by atoms with Gasteiger partial charge in [-0.2, -0.15) is 0 Å². The molecule has 0 fully saturated rings. The molecule has 0 spiro atoms. The van der Waals surface area contributed by atoms with E-state index >= 15 is 0 Å². The molecule has 0 bridgehead atoms. The predicted octanol–water partition coefficient (Wildman–Crippen LogP) is 0.846. The number of hydrogen-bond acceptors (Lipinski definition) is 3. The Bertz CT molecular complexity index is 284. The van der Waals surface area contributed by atoms with Crippen molar-refractivity contribution >= 4 is 12.1 Å². The zero-order valence-corrected chi connectivity index (χ0v) is 6.07. The number of rotatable bonds is 0. The molecule has 2 rings (SSSR count). The SMILES string of the molecule is NC1=CC2CC=CN=C2N=C1. The Balaban J connectivity index is 2.33. The van der Waals surface area contributed by atoms with E-state index in [1.165, 1.54) is 0 Å². The van der Waals surface area contributed by atoms with Gasteiger partial charge in [0.2, 0.25) is 0 Å². The molecule has 3 nitrogen and oxygen atoms in total. The van der Waals surface area contributed by atoms with E-state index in [1.807, 2.05) is 12.2 Å². The van der Waals surface area contributed by atoms with E-state index in [1.54, 1.807) is 12.4 Å². The van der Waals surface area contributed by atoms with Gasteiger partial charge >= 0.3 is 0 Å². The minimum atomic E-state index is 0.310. The van der Waals surface area contributed by atoms with Crippen LogP contribution in [0.5, 0.6) is 0 Å². The quantitative estimate of drug-likeness (QED) is 0.542. The van der Waals surface area contributed by atoms with Gasteiger partial charge in [-0.05, 0) is 12.5 Å². The minimum Gasteiger partial charge on any atom is -0.398 e. The molecule has 0 amide bonds. The summed E-state index contributed by atoms with van der Waals surface area (Å²) in [6.45, 7) is 0. The van der Waals surface area contributed by atoms with E-state index in [0.29, 0.717) is 5.92 Å². The highest BCUT2D eigenvalue weighted by molar-refractivity contribution is 6.00. The van der Waals surface area contributed by atoms with Gasteiger partial charge in [-0.3, -0.25) is 0 Å². The number of fused-ring (bicyclic) bond motifs is 1. The van der Waals surface area contributed by atoms with Crippen molar-refractivity contribution in [1.29, 1.82) is 0 Å². The molecule has 2 N–H and O–H groups in total. The van der Waals surface area contributed by atoms with Gasteiger partial charge in [0.1, 0.15) is 5.84 Å². The van der Waals surface area contributed by atoms with E-state index in [4.69, 9.17) is 5.73 Å². The van der Waals surface area contributed by atoms with Crippen molar-refractivity contribution in [3.8, 4) is 0 Å². The highest BCUT2D eigenvalue weighted by Gasteiger charge is 2.16. The first-order valence-corrected chi connectivity index (χ1v) is 3.60. The maximum Gasteiger partial charge on any atom is 0.135 e. The summed E-state index contributed by atoms with van der Waals surface area (Å²) in [4.78, 5) is 8.24. The molecule has 1 atom stereocenters. The molecule has 56 valence electrons. The second kappa shape index (κ2) is 2.34. The first kappa shape index (κ1) is 6.34. The van der Waals surface area contributed by atoms with Gasteiger partial charge in [-0.15, -0.1) is 0 Å². The summed E-state index contributed by atoms with van der Waals surface area (Å²) in [5, 5.41) is 0. The number of aliphatic imine (C=N–C) groups is 2. The number of allylic oxidation sites excluding steroid dienone is 2. The predicted molar refractivity (Wildman–Crippen MR) is 45.4 cm³/mol. The molecule has 0 aromatic rings. The highest BCUT2D eigenvalue weighted by atomic mass is 14.9. The fourth-order valence-electron chi connectivity index (χ4n) is 1.23. The zero-order valence-electron chi connectivity index (χ0n) is 6.07. The Labute approximate surface area is 65.0 Å². The molecule has 3 heteroatoms. The molecular formula is C8H9N3. The third-order valence-electron chi connectivity index (χ3n) is 1.77. The van der Waals surface area contributed by atoms with Crippen LogP contribution in [0.3, 0.4) is 0 Å². The largest absolute Gasteiger partial charge is 0.398 e. The second-order valence-electron chi connectivity index (χ2n) is 2.64.